The maximum absolute atomic E-state index is 13.1. The average Bonchev–Trinajstić information content (AvgIpc) is 3.39. The van der Waals surface area contributed by atoms with Gasteiger partial charge >= 0.3 is 0 Å². The number of hydrogen-bond donors (Lipinski definition) is 1. The number of carbonyl (C=O) groups excluding carboxylic acids is 1. The molecule has 2 aromatic rings. The Kier molecular flexibility index (Phi) is 4.67. The molecule has 3 rings (SSSR count). The first-order valence-corrected chi connectivity index (χ1v) is 8.27. The van der Waals surface area contributed by atoms with E-state index in [1.165, 1.54) is 12.1 Å². The minimum atomic E-state index is -1.20. The van der Waals surface area contributed by atoms with Crippen molar-refractivity contribution < 1.29 is 14.3 Å². The van der Waals surface area contributed by atoms with E-state index in [2.05, 4.69) is 0 Å². The van der Waals surface area contributed by atoms with Gasteiger partial charge in [-0.25, -0.2) is 4.39 Å². The summed E-state index contributed by atoms with van der Waals surface area (Å²) >= 11 is 0. The van der Waals surface area contributed by atoms with Crippen molar-refractivity contribution in [2.24, 2.45) is 0 Å². The van der Waals surface area contributed by atoms with Gasteiger partial charge in [-0.05, 0) is 43.0 Å². The zero-order valence-corrected chi connectivity index (χ0v) is 13.8. The van der Waals surface area contributed by atoms with Gasteiger partial charge in [-0.15, -0.1) is 0 Å². The van der Waals surface area contributed by atoms with Crippen molar-refractivity contribution in [1.29, 1.82) is 0 Å². The van der Waals surface area contributed by atoms with Crippen molar-refractivity contribution in [3.8, 4) is 0 Å². The molecule has 24 heavy (non-hydrogen) atoms. The fourth-order valence-corrected chi connectivity index (χ4v) is 2.89. The summed E-state index contributed by atoms with van der Waals surface area (Å²) in [6, 6.07) is 15.7. The topological polar surface area (TPSA) is 40.5 Å². The Bertz CT molecular complexity index is 693. The van der Waals surface area contributed by atoms with Crippen LogP contribution in [-0.4, -0.2) is 22.0 Å². The SMILES string of the molecule is CC(O)(CC(=O)N(Cc1ccc(F)cc1)C1CC1)c1ccccc1. The summed E-state index contributed by atoms with van der Waals surface area (Å²) in [5.74, 6) is -0.356. The van der Waals surface area contributed by atoms with Crippen LogP contribution in [0.3, 0.4) is 0 Å². The van der Waals surface area contributed by atoms with Gasteiger partial charge in [-0.1, -0.05) is 42.5 Å². The fourth-order valence-electron chi connectivity index (χ4n) is 2.89. The van der Waals surface area contributed by atoms with Gasteiger partial charge < -0.3 is 10.0 Å². The Labute approximate surface area is 141 Å². The molecule has 0 aromatic heterocycles. The van der Waals surface area contributed by atoms with E-state index in [-0.39, 0.29) is 24.2 Å². The van der Waals surface area contributed by atoms with E-state index in [0.717, 1.165) is 24.0 Å². The summed E-state index contributed by atoms with van der Waals surface area (Å²) in [5, 5.41) is 10.7. The zero-order valence-electron chi connectivity index (χ0n) is 13.8. The van der Waals surface area contributed by atoms with Crippen LogP contribution >= 0.6 is 0 Å². The number of nitrogens with zero attached hydrogens (tertiary/aromatic N) is 1. The molecule has 1 atom stereocenters. The maximum Gasteiger partial charge on any atom is 0.226 e. The van der Waals surface area contributed by atoms with E-state index in [4.69, 9.17) is 0 Å². The monoisotopic (exact) mass is 327 g/mol. The molecule has 0 spiro atoms. The number of benzene rings is 2. The van der Waals surface area contributed by atoms with E-state index in [1.54, 1.807) is 19.1 Å². The minimum absolute atomic E-state index is 0.0364. The molecule has 0 aliphatic heterocycles. The highest BCUT2D eigenvalue weighted by molar-refractivity contribution is 5.78. The maximum atomic E-state index is 13.1. The van der Waals surface area contributed by atoms with Gasteiger partial charge in [-0.2, -0.15) is 0 Å². The summed E-state index contributed by atoms with van der Waals surface area (Å²) in [6.45, 7) is 2.12. The fraction of sp³-hybridized carbons (Fsp3) is 0.350. The Hall–Kier alpha value is -2.20. The van der Waals surface area contributed by atoms with E-state index in [1.807, 2.05) is 35.2 Å². The summed E-state index contributed by atoms with van der Waals surface area (Å²) < 4.78 is 13.1. The molecule has 3 nitrogen and oxygen atoms in total. The Morgan fingerprint density at radius 1 is 1.17 bits per heavy atom. The Morgan fingerprint density at radius 2 is 1.79 bits per heavy atom. The highest BCUT2D eigenvalue weighted by Crippen LogP contribution is 2.32. The summed E-state index contributed by atoms with van der Waals surface area (Å²) in [6.07, 6.45) is 2.01. The number of halogens is 1. The van der Waals surface area contributed by atoms with Crippen molar-refractivity contribution in [3.63, 3.8) is 0 Å². The van der Waals surface area contributed by atoms with E-state index >= 15 is 0 Å². The van der Waals surface area contributed by atoms with Crippen LogP contribution in [0.5, 0.6) is 0 Å². The quantitative estimate of drug-likeness (QED) is 0.880. The highest BCUT2D eigenvalue weighted by atomic mass is 19.1. The van der Waals surface area contributed by atoms with Crippen molar-refractivity contribution >= 4 is 5.91 Å². The van der Waals surface area contributed by atoms with Crippen LogP contribution in [0.2, 0.25) is 0 Å². The second-order valence-electron chi connectivity index (χ2n) is 6.70. The van der Waals surface area contributed by atoms with Gasteiger partial charge in [0, 0.05) is 12.6 Å². The van der Waals surface area contributed by atoms with Crippen LogP contribution in [0.4, 0.5) is 4.39 Å². The van der Waals surface area contributed by atoms with E-state index < -0.39 is 5.60 Å². The molecule has 0 bridgehead atoms. The molecule has 1 saturated carbocycles. The average molecular weight is 327 g/mol. The van der Waals surface area contributed by atoms with Gasteiger partial charge in [0.2, 0.25) is 5.91 Å². The van der Waals surface area contributed by atoms with Gasteiger partial charge in [0.15, 0.2) is 0 Å². The summed E-state index contributed by atoms with van der Waals surface area (Å²) in [5.41, 5.74) is 0.431. The van der Waals surface area contributed by atoms with Crippen molar-refractivity contribution in [1.82, 2.24) is 4.90 Å². The third-order valence-corrected chi connectivity index (χ3v) is 4.47. The molecule has 0 saturated heterocycles. The first-order valence-electron chi connectivity index (χ1n) is 8.27. The molecule has 1 unspecified atom stereocenters. The Balaban J connectivity index is 1.72. The number of hydrogen-bond acceptors (Lipinski definition) is 2. The number of amides is 1. The predicted molar refractivity (Wildman–Crippen MR) is 90.6 cm³/mol. The van der Waals surface area contributed by atoms with Gasteiger partial charge in [0.05, 0.1) is 12.0 Å². The van der Waals surface area contributed by atoms with Gasteiger partial charge in [0.1, 0.15) is 5.82 Å². The Morgan fingerprint density at radius 3 is 2.38 bits per heavy atom. The van der Waals surface area contributed by atoms with Crippen molar-refractivity contribution in [2.45, 2.75) is 44.4 Å². The standard InChI is InChI=1S/C20H22FNO2/c1-20(24,16-5-3-2-4-6-16)13-19(23)22(18-11-12-18)14-15-7-9-17(21)10-8-15/h2-10,18,24H,11-14H2,1H3. The minimum Gasteiger partial charge on any atom is -0.385 e. The molecule has 1 aliphatic rings. The molecule has 0 radical (unpaired) electrons. The highest BCUT2D eigenvalue weighted by Gasteiger charge is 2.36. The first-order chi connectivity index (χ1) is 11.5. The molecule has 126 valence electrons. The molecule has 4 heteroatoms. The lowest BCUT2D eigenvalue weighted by atomic mass is 9.92. The number of aliphatic hydroxyl groups is 1. The van der Waals surface area contributed by atoms with Crippen molar-refractivity contribution in [3.05, 3.63) is 71.5 Å². The summed E-state index contributed by atoms with van der Waals surface area (Å²) in [7, 11) is 0. The largest absolute Gasteiger partial charge is 0.385 e. The second-order valence-corrected chi connectivity index (χ2v) is 6.70. The van der Waals surface area contributed by atoms with Crippen LogP contribution in [0.15, 0.2) is 54.6 Å². The van der Waals surface area contributed by atoms with Gasteiger partial charge in [0.25, 0.3) is 0 Å². The van der Waals surface area contributed by atoms with Crippen LogP contribution in [0.25, 0.3) is 0 Å². The first kappa shape index (κ1) is 16.7. The van der Waals surface area contributed by atoms with Gasteiger partial charge in [-0.3, -0.25) is 4.79 Å². The lowest BCUT2D eigenvalue weighted by molar-refractivity contribution is -0.137. The smallest absolute Gasteiger partial charge is 0.226 e. The predicted octanol–water partition coefficient (Wildman–Crippen LogP) is 3.61. The normalized spacial score (nSPS) is 16.5. The molecule has 1 aliphatic carbocycles. The lowest BCUT2D eigenvalue weighted by Gasteiger charge is -2.29. The zero-order chi connectivity index (χ0) is 17.2. The molecular formula is C20H22FNO2. The molecule has 2 aromatic carbocycles. The van der Waals surface area contributed by atoms with Crippen LogP contribution in [0, 0.1) is 5.82 Å². The molecule has 1 fully saturated rings. The molecular weight excluding hydrogens is 305 g/mol. The van der Waals surface area contributed by atoms with Crippen LogP contribution in [-0.2, 0) is 16.9 Å². The van der Waals surface area contributed by atoms with E-state index in [0.29, 0.717) is 6.54 Å². The number of rotatable bonds is 6. The second kappa shape index (κ2) is 6.73. The van der Waals surface area contributed by atoms with Crippen LogP contribution in [0.1, 0.15) is 37.3 Å². The number of carbonyl (C=O) groups is 1. The summed E-state index contributed by atoms with van der Waals surface area (Å²) in [4.78, 5) is 14.6. The molecule has 1 N–H and O–H groups in total. The van der Waals surface area contributed by atoms with E-state index in [9.17, 15) is 14.3 Å². The lowest BCUT2D eigenvalue weighted by Crippen LogP contribution is -2.37. The third kappa shape index (κ3) is 4.01. The molecule has 0 heterocycles. The van der Waals surface area contributed by atoms with Crippen molar-refractivity contribution in [2.75, 3.05) is 0 Å². The third-order valence-electron chi connectivity index (χ3n) is 4.47. The molecule has 1 amide bonds. The van der Waals surface area contributed by atoms with Crippen LogP contribution < -0.4 is 0 Å².